The Morgan fingerprint density at radius 2 is 1.55 bits per heavy atom. The zero-order valence-corrected chi connectivity index (χ0v) is 23.6. The van der Waals surface area contributed by atoms with Crippen LogP contribution in [-0.4, -0.2) is 54.1 Å². The van der Waals surface area contributed by atoms with Crippen LogP contribution in [0.15, 0.2) is 59.8 Å². The van der Waals surface area contributed by atoms with Gasteiger partial charge in [0.15, 0.2) is 9.84 Å². The van der Waals surface area contributed by atoms with E-state index in [-0.39, 0.29) is 48.6 Å². The van der Waals surface area contributed by atoms with E-state index in [1.165, 1.54) is 44.2 Å². The summed E-state index contributed by atoms with van der Waals surface area (Å²) in [6.45, 7) is 3.01. The van der Waals surface area contributed by atoms with E-state index in [9.17, 15) is 39.6 Å². The van der Waals surface area contributed by atoms with Crippen molar-refractivity contribution in [2.24, 2.45) is 5.92 Å². The third-order valence-electron chi connectivity index (χ3n) is 7.60. The van der Waals surface area contributed by atoms with Gasteiger partial charge in [0, 0.05) is 42.7 Å². The van der Waals surface area contributed by atoms with Crippen molar-refractivity contribution >= 4 is 15.7 Å². The second kappa shape index (κ2) is 11.2. The lowest BCUT2D eigenvalue weighted by Gasteiger charge is -2.40. The van der Waals surface area contributed by atoms with E-state index in [4.69, 9.17) is 4.74 Å². The summed E-state index contributed by atoms with van der Waals surface area (Å²) in [7, 11) is -2.84. The van der Waals surface area contributed by atoms with Crippen molar-refractivity contribution in [3.63, 3.8) is 0 Å². The quantitative estimate of drug-likeness (QED) is 0.303. The van der Waals surface area contributed by atoms with Crippen molar-refractivity contribution in [3.05, 3.63) is 71.7 Å². The van der Waals surface area contributed by atoms with Crippen LogP contribution in [-0.2, 0) is 22.2 Å². The fourth-order valence-corrected chi connectivity index (χ4v) is 6.78. The number of benzene rings is 1. The maximum Gasteiger partial charge on any atom is 0.417 e. The number of pyridine rings is 2. The largest absolute Gasteiger partial charge is 0.481 e. The first-order valence-corrected chi connectivity index (χ1v) is 14.2. The van der Waals surface area contributed by atoms with Crippen LogP contribution in [0.1, 0.15) is 48.3 Å². The second-order valence-corrected chi connectivity index (χ2v) is 12.9. The van der Waals surface area contributed by atoms with Crippen molar-refractivity contribution in [1.29, 1.82) is 0 Å². The topological polar surface area (TPSA) is 89.5 Å². The third-order valence-corrected chi connectivity index (χ3v) is 10.2. The Morgan fingerprint density at radius 3 is 2.10 bits per heavy atom. The number of methoxy groups -OCH3 is 1. The van der Waals surface area contributed by atoms with Gasteiger partial charge in [0.25, 0.3) is 5.91 Å². The lowest BCUT2D eigenvalue weighted by molar-refractivity contribution is -0.138. The number of likely N-dealkylation sites (tertiary alicyclic amines) is 1. The highest BCUT2D eigenvalue weighted by Gasteiger charge is 2.45. The smallest absolute Gasteiger partial charge is 0.417 e. The minimum Gasteiger partial charge on any atom is -0.481 e. The second-order valence-electron chi connectivity index (χ2n) is 10.4. The first-order valence-electron chi connectivity index (χ1n) is 12.8. The number of ether oxygens (including phenoxy) is 1. The van der Waals surface area contributed by atoms with Crippen molar-refractivity contribution in [3.8, 4) is 17.0 Å². The van der Waals surface area contributed by atoms with Gasteiger partial charge < -0.3 is 9.64 Å². The van der Waals surface area contributed by atoms with Crippen LogP contribution in [0.5, 0.6) is 5.88 Å². The molecule has 7 nitrogen and oxygen atoms in total. The molecule has 0 spiro atoms. The fraction of sp³-hybridized carbons (Fsp3) is 0.393. The lowest BCUT2D eigenvalue weighted by atomic mass is 9.85. The van der Waals surface area contributed by atoms with E-state index < -0.39 is 54.8 Å². The summed E-state index contributed by atoms with van der Waals surface area (Å²) >= 11 is 0. The standard InChI is InChI=1S/C28H27F6N3O4S/c1-26(2,42(39,40)21-6-4-5-19(13-21)27(29,30)31)18-9-11-37(12-10-18)25(38)24-22(14-20(16-36-24)28(32,33)34)17-7-8-23(41-3)35-15-17/h4-8,13-16,18H,9-12H2,1-3H3. The Bertz CT molecular complexity index is 1560. The number of sulfone groups is 1. The number of rotatable bonds is 6. The summed E-state index contributed by atoms with van der Waals surface area (Å²) in [4.78, 5) is 22.3. The van der Waals surface area contributed by atoms with Crippen LogP contribution in [0.25, 0.3) is 11.1 Å². The molecule has 4 rings (SSSR count). The predicted octanol–water partition coefficient (Wildman–Crippen LogP) is 6.29. The summed E-state index contributed by atoms with van der Waals surface area (Å²) in [5, 5.41) is 0. The Kier molecular flexibility index (Phi) is 8.33. The predicted molar refractivity (Wildman–Crippen MR) is 140 cm³/mol. The van der Waals surface area contributed by atoms with Crippen LogP contribution < -0.4 is 4.74 Å². The normalized spacial score (nSPS) is 15.5. The Labute approximate surface area is 238 Å². The molecule has 0 radical (unpaired) electrons. The monoisotopic (exact) mass is 615 g/mol. The zero-order chi connectivity index (χ0) is 31.1. The van der Waals surface area contributed by atoms with Crippen molar-refractivity contribution < 1.29 is 44.3 Å². The maximum atomic E-state index is 13.5. The SMILES string of the molecule is COc1ccc(-c2cc(C(F)(F)F)cnc2C(=O)N2CCC(C(C)(C)S(=O)(=O)c3cccc(C(F)(F)F)c3)CC2)cn1. The van der Waals surface area contributed by atoms with Gasteiger partial charge in [-0.3, -0.25) is 4.79 Å². The average Bonchev–Trinajstić information content (AvgIpc) is 2.95. The number of halogens is 6. The van der Waals surface area contributed by atoms with Gasteiger partial charge in [0.05, 0.1) is 27.9 Å². The number of hydrogen-bond acceptors (Lipinski definition) is 6. The molecule has 42 heavy (non-hydrogen) atoms. The molecule has 0 N–H and O–H groups in total. The van der Waals surface area contributed by atoms with Gasteiger partial charge in [-0.1, -0.05) is 6.07 Å². The van der Waals surface area contributed by atoms with Crippen molar-refractivity contribution in [2.45, 2.75) is 48.7 Å². The van der Waals surface area contributed by atoms with Crippen LogP contribution in [0.4, 0.5) is 26.3 Å². The third kappa shape index (κ3) is 6.08. The molecule has 0 bridgehead atoms. The van der Waals surface area contributed by atoms with Crippen molar-refractivity contribution in [1.82, 2.24) is 14.9 Å². The van der Waals surface area contributed by atoms with Gasteiger partial charge >= 0.3 is 12.4 Å². The maximum absolute atomic E-state index is 13.5. The first-order chi connectivity index (χ1) is 19.5. The number of piperidine rings is 1. The molecule has 14 heteroatoms. The highest BCUT2D eigenvalue weighted by molar-refractivity contribution is 7.92. The Hall–Kier alpha value is -3.68. The van der Waals surface area contributed by atoms with E-state index in [2.05, 4.69) is 9.97 Å². The Balaban J connectivity index is 1.58. The highest BCUT2D eigenvalue weighted by atomic mass is 32.2. The van der Waals surface area contributed by atoms with Gasteiger partial charge in [0.2, 0.25) is 5.88 Å². The molecule has 1 aromatic carbocycles. The van der Waals surface area contributed by atoms with E-state index in [0.29, 0.717) is 12.3 Å². The van der Waals surface area contributed by atoms with E-state index in [0.717, 1.165) is 24.3 Å². The molecule has 1 aliphatic heterocycles. The van der Waals surface area contributed by atoms with E-state index in [1.54, 1.807) is 0 Å². The molecule has 1 saturated heterocycles. The number of alkyl halides is 6. The molecular weight excluding hydrogens is 588 g/mol. The van der Waals surface area contributed by atoms with Gasteiger partial charge in [-0.25, -0.2) is 18.4 Å². The minimum atomic E-state index is -4.71. The molecule has 3 aromatic rings. The number of carbonyl (C=O) groups is 1. The molecule has 0 unspecified atom stereocenters. The van der Waals surface area contributed by atoms with E-state index in [1.807, 2.05) is 0 Å². The molecule has 0 aliphatic carbocycles. The Morgan fingerprint density at radius 1 is 0.905 bits per heavy atom. The first kappa shape index (κ1) is 31.3. The number of aromatic nitrogens is 2. The number of carbonyl (C=O) groups excluding carboxylic acids is 1. The fourth-order valence-electron chi connectivity index (χ4n) is 4.96. The number of nitrogens with zero attached hydrogens (tertiary/aromatic N) is 3. The summed E-state index contributed by atoms with van der Waals surface area (Å²) in [5.41, 5.74) is -2.23. The van der Waals surface area contributed by atoms with Crippen LogP contribution >= 0.6 is 0 Å². The van der Waals surface area contributed by atoms with Crippen LogP contribution in [0, 0.1) is 5.92 Å². The van der Waals surface area contributed by atoms with Gasteiger partial charge in [-0.05, 0) is 62.9 Å². The summed E-state index contributed by atoms with van der Waals surface area (Å²) in [6, 6.07) is 7.27. The highest BCUT2D eigenvalue weighted by Crippen LogP contribution is 2.40. The van der Waals surface area contributed by atoms with Gasteiger partial charge in [0.1, 0.15) is 5.69 Å². The molecule has 3 heterocycles. The van der Waals surface area contributed by atoms with Gasteiger partial charge in [-0.15, -0.1) is 0 Å². The van der Waals surface area contributed by atoms with Crippen LogP contribution in [0.3, 0.4) is 0 Å². The molecule has 226 valence electrons. The van der Waals surface area contributed by atoms with E-state index >= 15 is 0 Å². The average molecular weight is 616 g/mol. The molecule has 1 amide bonds. The molecule has 1 fully saturated rings. The molecular formula is C28H27F6N3O4S. The number of hydrogen-bond donors (Lipinski definition) is 0. The zero-order valence-electron chi connectivity index (χ0n) is 22.8. The van der Waals surface area contributed by atoms with Crippen molar-refractivity contribution in [2.75, 3.05) is 20.2 Å². The summed E-state index contributed by atoms with van der Waals surface area (Å²) < 4.78 is 110. The molecule has 1 aliphatic rings. The summed E-state index contributed by atoms with van der Waals surface area (Å²) in [5.74, 6) is -0.949. The lowest BCUT2D eigenvalue weighted by Crippen LogP contribution is -2.47. The summed E-state index contributed by atoms with van der Waals surface area (Å²) in [6.07, 6.45) is -7.20. The van der Waals surface area contributed by atoms with Gasteiger partial charge in [-0.2, -0.15) is 26.3 Å². The minimum absolute atomic E-state index is 0.0635. The molecule has 0 saturated carbocycles. The molecule has 2 aromatic heterocycles. The van der Waals surface area contributed by atoms with Crippen LogP contribution in [0.2, 0.25) is 0 Å². The molecule has 0 atom stereocenters. The number of amides is 1.